The van der Waals surface area contributed by atoms with Gasteiger partial charge in [0.2, 0.25) is 0 Å². The summed E-state index contributed by atoms with van der Waals surface area (Å²) in [6.07, 6.45) is 2.17. The summed E-state index contributed by atoms with van der Waals surface area (Å²) >= 11 is 0.209. The molecule has 176 valence electrons. The van der Waals surface area contributed by atoms with Crippen molar-refractivity contribution in [2.75, 3.05) is 5.32 Å². The molecule has 0 aliphatic rings. The molecule has 1 atom stereocenters. The predicted molar refractivity (Wildman–Crippen MR) is 120 cm³/mol. The SMILES string of the molecule is CC(C)[C@H](N)C(=O)OCn1ccsc1=N[I-]C(=O)c1ccc(NC(=O)CC(C)(C)C)cc1. The fourth-order valence-corrected chi connectivity index (χ4v) is 4.99. The summed E-state index contributed by atoms with van der Waals surface area (Å²) in [7, 11) is 0. The number of nitrogens with one attached hydrogen (secondary N) is 1. The molecule has 0 unspecified atom stereocenters. The summed E-state index contributed by atoms with van der Waals surface area (Å²) in [6.45, 7) is 9.72. The van der Waals surface area contributed by atoms with Crippen molar-refractivity contribution >= 4 is 32.7 Å². The number of carbonyl (C=O) groups excluding carboxylic acids is 3. The number of thiazole rings is 1. The van der Waals surface area contributed by atoms with E-state index >= 15 is 0 Å². The minimum atomic E-state index is -1.16. The van der Waals surface area contributed by atoms with Crippen molar-refractivity contribution < 1.29 is 40.6 Å². The Morgan fingerprint density at radius 3 is 2.47 bits per heavy atom. The van der Waals surface area contributed by atoms with Gasteiger partial charge in [0.05, 0.1) is 0 Å². The van der Waals surface area contributed by atoms with Gasteiger partial charge in [-0.1, -0.05) is 0 Å². The number of hydrogen-bond donors (Lipinski definition) is 2. The van der Waals surface area contributed by atoms with E-state index in [4.69, 9.17) is 10.5 Å². The molecule has 32 heavy (non-hydrogen) atoms. The number of hydrogen-bond acceptors (Lipinski definition) is 7. The first kappa shape index (κ1) is 26.2. The number of halogens is 1. The zero-order valence-corrected chi connectivity index (χ0v) is 21.9. The van der Waals surface area contributed by atoms with Crippen LogP contribution >= 0.6 is 11.3 Å². The van der Waals surface area contributed by atoms with E-state index in [0.29, 0.717) is 22.5 Å². The quantitative estimate of drug-likeness (QED) is 0.252. The van der Waals surface area contributed by atoms with Crippen LogP contribution in [-0.4, -0.2) is 26.3 Å². The Morgan fingerprint density at radius 1 is 1.22 bits per heavy atom. The number of benzene rings is 1. The normalized spacial score (nSPS) is 13.3. The summed E-state index contributed by atoms with van der Waals surface area (Å²) < 4.78 is 11.3. The summed E-state index contributed by atoms with van der Waals surface area (Å²) in [5.41, 5.74) is 6.91. The first-order chi connectivity index (χ1) is 15.0. The Bertz CT molecular complexity index is 1010. The van der Waals surface area contributed by atoms with Crippen LogP contribution < -0.4 is 37.3 Å². The molecule has 0 radical (unpaired) electrons. The standard InChI is InChI=1S/C22H30IN4O4S/c1-14(2)18(24)20(30)31-13-27-10-11-32-21(27)26-23-19(29)15-6-8-16(9-7-15)25-17(28)12-22(3,4)5/h6-11,14,18H,12-13,24H2,1-5H3,(H,25,28)/q-1/t18-/m0/s1. The number of esters is 1. The average Bonchev–Trinajstić information content (AvgIpc) is 3.16. The van der Waals surface area contributed by atoms with Gasteiger partial charge in [0.1, 0.15) is 0 Å². The number of aromatic nitrogens is 1. The summed E-state index contributed by atoms with van der Waals surface area (Å²) in [5, 5.41) is 4.67. The van der Waals surface area contributed by atoms with E-state index in [9.17, 15) is 14.4 Å². The average molecular weight is 573 g/mol. The van der Waals surface area contributed by atoms with Crippen LogP contribution in [0.15, 0.2) is 39.0 Å². The zero-order valence-electron chi connectivity index (χ0n) is 18.9. The van der Waals surface area contributed by atoms with Crippen LogP contribution in [0.1, 0.15) is 51.4 Å². The second kappa shape index (κ2) is 11.7. The molecule has 10 heteroatoms. The first-order valence-electron chi connectivity index (χ1n) is 10.1. The zero-order chi connectivity index (χ0) is 23.9. The van der Waals surface area contributed by atoms with E-state index < -0.39 is 33.5 Å². The molecule has 1 heterocycles. The molecule has 0 saturated heterocycles. The monoisotopic (exact) mass is 573 g/mol. The van der Waals surface area contributed by atoms with Gasteiger partial charge in [0.25, 0.3) is 0 Å². The third-order valence-electron chi connectivity index (χ3n) is 4.27. The van der Waals surface area contributed by atoms with Gasteiger partial charge in [-0.2, -0.15) is 0 Å². The minimum absolute atomic E-state index is 0.00246. The maximum atomic E-state index is 12.6. The molecular formula is C22H30IN4O4S-. The number of nitrogens with zero attached hydrogens (tertiary/aromatic N) is 2. The molecule has 0 aliphatic heterocycles. The third kappa shape index (κ3) is 8.47. The molecule has 3 N–H and O–H groups in total. The van der Waals surface area contributed by atoms with E-state index in [-0.39, 0.29) is 27.8 Å². The molecule has 1 aromatic heterocycles. The van der Waals surface area contributed by atoms with Crippen LogP contribution in [0, 0.1) is 11.3 Å². The fourth-order valence-electron chi connectivity index (χ4n) is 2.46. The first-order valence-corrected chi connectivity index (χ1v) is 13.1. The van der Waals surface area contributed by atoms with Gasteiger partial charge in [0.15, 0.2) is 0 Å². The van der Waals surface area contributed by atoms with Gasteiger partial charge < -0.3 is 0 Å². The van der Waals surface area contributed by atoms with Crippen molar-refractivity contribution in [2.45, 2.75) is 53.8 Å². The van der Waals surface area contributed by atoms with E-state index in [1.54, 1.807) is 35.0 Å². The Morgan fingerprint density at radius 2 is 1.88 bits per heavy atom. The number of rotatable bonds is 9. The van der Waals surface area contributed by atoms with E-state index in [2.05, 4.69) is 8.52 Å². The summed E-state index contributed by atoms with van der Waals surface area (Å²) in [6, 6.07) is 6.16. The van der Waals surface area contributed by atoms with E-state index in [1.165, 1.54) is 11.3 Å². The number of carbonyl (C=O) groups is 3. The molecule has 8 nitrogen and oxygen atoms in total. The number of anilines is 1. The Balaban J connectivity index is 1.96. The molecule has 0 fully saturated rings. The van der Waals surface area contributed by atoms with Gasteiger partial charge in [0, 0.05) is 0 Å². The Hall–Kier alpha value is -2.05. The Kier molecular flexibility index (Phi) is 9.59. The maximum absolute atomic E-state index is 12.6. The van der Waals surface area contributed by atoms with Gasteiger partial charge in [-0.05, 0) is 0 Å². The van der Waals surface area contributed by atoms with Crippen LogP contribution in [-0.2, 0) is 21.1 Å². The van der Waals surface area contributed by atoms with Gasteiger partial charge in [-0.15, -0.1) is 0 Å². The van der Waals surface area contributed by atoms with Crippen LogP contribution in [0.3, 0.4) is 0 Å². The van der Waals surface area contributed by atoms with E-state index in [0.717, 1.165) is 0 Å². The summed E-state index contributed by atoms with van der Waals surface area (Å²) in [4.78, 5) is 37.2. The molecule has 0 spiro atoms. The molecule has 1 aromatic carbocycles. The molecule has 2 rings (SSSR count). The molecule has 2 aromatic rings. The van der Waals surface area contributed by atoms with Crippen molar-refractivity contribution in [1.29, 1.82) is 0 Å². The molecule has 0 bridgehead atoms. The van der Waals surface area contributed by atoms with Gasteiger partial charge >= 0.3 is 203 Å². The van der Waals surface area contributed by atoms with Crippen molar-refractivity contribution in [1.82, 2.24) is 4.57 Å². The van der Waals surface area contributed by atoms with Crippen molar-refractivity contribution in [3.63, 3.8) is 0 Å². The van der Waals surface area contributed by atoms with Gasteiger partial charge in [-0.25, -0.2) is 0 Å². The van der Waals surface area contributed by atoms with Crippen LogP contribution in [0.5, 0.6) is 0 Å². The number of ether oxygens (including phenoxy) is 1. The second-order valence-corrected chi connectivity index (χ2v) is 11.6. The summed E-state index contributed by atoms with van der Waals surface area (Å²) in [5.74, 6) is -0.540. The fraction of sp³-hybridized carbons (Fsp3) is 0.455. The van der Waals surface area contributed by atoms with Gasteiger partial charge in [-0.3, -0.25) is 0 Å². The number of amides is 1. The molecule has 0 saturated carbocycles. The molecular weight excluding hydrogens is 543 g/mol. The van der Waals surface area contributed by atoms with Crippen molar-refractivity contribution in [2.24, 2.45) is 20.3 Å². The third-order valence-corrected chi connectivity index (χ3v) is 7.16. The molecule has 1 amide bonds. The topological polar surface area (TPSA) is 116 Å². The Labute approximate surface area is 202 Å². The predicted octanol–water partition coefficient (Wildman–Crippen LogP) is 0.153. The van der Waals surface area contributed by atoms with Crippen molar-refractivity contribution in [3.05, 3.63) is 46.2 Å². The van der Waals surface area contributed by atoms with Crippen molar-refractivity contribution in [3.8, 4) is 0 Å². The van der Waals surface area contributed by atoms with Crippen LogP contribution in [0.2, 0.25) is 0 Å². The number of nitrogens with two attached hydrogens (primary N) is 1. The van der Waals surface area contributed by atoms with Crippen LogP contribution in [0.25, 0.3) is 0 Å². The molecule has 0 aliphatic carbocycles. The van der Waals surface area contributed by atoms with E-state index in [1.807, 2.05) is 40.0 Å². The second-order valence-electron chi connectivity index (χ2n) is 8.82. The van der Waals surface area contributed by atoms with Crippen LogP contribution in [0.4, 0.5) is 5.69 Å².